The standard InChI is InChI=1S/C51H34N4/c1-4-12-35(13-5-1)38-20-24-41(25-21-38)49-52-50(42-26-22-39(23-27-42)36-14-6-2-7-15-36)54-51(53-49)43-30-33-46-45-18-10-11-19-47(45)55(48(46)34-43)44-31-28-40(29-32-44)37-16-8-3-9-17-37/h1-34H/i3D,8D,9D,10D,11D,16D,17D,18D,19D,28D,29D,30D,31D,32D,33D,34D. The van der Waals surface area contributed by atoms with Crippen molar-refractivity contribution in [2.45, 2.75) is 0 Å². The van der Waals surface area contributed by atoms with Gasteiger partial charge in [0.25, 0.3) is 0 Å². The second kappa shape index (κ2) is 13.8. The van der Waals surface area contributed by atoms with Crippen molar-refractivity contribution in [3.8, 4) is 73.2 Å². The van der Waals surface area contributed by atoms with Crippen LogP contribution in [0.4, 0.5) is 0 Å². The normalized spacial score (nSPS) is 15.3. The van der Waals surface area contributed by atoms with Gasteiger partial charge in [-0.2, -0.15) is 0 Å². The maximum absolute atomic E-state index is 9.96. The lowest BCUT2D eigenvalue weighted by Gasteiger charge is -2.11. The van der Waals surface area contributed by atoms with Gasteiger partial charge in [-0.15, -0.1) is 0 Å². The van der Waals surface area contributed by atoms with Gasteiger partial charge in [-0.25, -0.2) is 15.0 Å². The summed E-state index contributed by atoms with van der Waals surface area (Å²) in [4.78, 5) is 14.5. The highest BCUT2D eigenvalue weighted by Crippen LogP contribution is 2.36. The Balaban J connectivity index is 1.28. The Morgan fingerprint density at radius 2 is 0.764 bits per heavy atom. The highest BCUT2D eigenvalue weighted by molar-refractivity contribution is 6.10. The summed E-state index contributed by atoms with van der Waals surface area (Å²) >= 11 is 0. The van der Waals surface area contributed by atoms with E-state index in [0.29, 0.717) is 11.1 Å². The molecule has 10 aromatic rings. The molecule has 2 heterocycles. The zero-order valence-corrected chi connectivity index (χ0v) is 28.7. The number of nitrogens with zero attached hydrogens (tertiary/aromatic N) is 4. The van der Waals surface area contributed by atoms with Crippen molar-refractivity contribution in [1.82, 2.24) is 19.5 Å². The van der Waals surface area contributed by atoms with Crippen LogP contribution in [-0.2, 0) is 0 Å². The molecule has 10 rings (SSSR count). The number of hydrogen-bond acceptors (Lipinski definition) is 3. The third-order valence-electron chi connectivity index (χ3n) is 9.10. The predicted octanol–water partition coefficient (Wildman–Crippen LogP) is 13.0. The van der Waals surface area contributed by atoms with Crippen LogP contribution >= 0.6 is 0 Å². The summed E-state index contributed by atoms with van der Waals surface area (Å²) in [6.45, 7) is 0. The highest BCUT2D eigenvalue weighted by Gasteiger charge is 2.17. The lowest BCUT2D eigenvalue weighted by molar-refractivity contribution is 1.07. The van der Waals surface area contributed by atoms with Gasteiger partial charge in [0.2, 0.25) is 0 Å². The Bertz CT molecular complexity index is 3710. The molecule has 0 saturated heterocycles. The minimum atomic E-state index is -0.871. The topological polar surface area (TPSA) is 43.6 Å². The summed E-state index contributed by atoms with van der Waals surface area (Å²) in [6.07, 6.45) is 0. The molecule has 2 aromatic heterocycles. The molecule has 0 atom stereocenters. The SMILES string of the molecule is [2H]c1c([2H])c([2H])c(-c2c([2H])c([2H])c(-n3c4c([2H])c([2H])c([2H])c([2H])c4c4c([2H])c([2H])c(-c5nc(-c6ccc(-c7ccccc7)cc6)nc(-c6ccc(-c7ccccc7)cc6)n5)c([2H])c43)c([2H])c2[2H])c([2H])c1[2H]. The molecular formula is C51H34N4. The zero-order valence-electron chi connectivity index (χ0n) is 44.7. The Hall–Kier alpha value is -7.43. The number of benzene rings is 8. The molecule has 8 aromatic carbocycles. The molecule has 0 amide bonds. The lowest BCUT2D eigenvalue weighted by atomic mass is 10.0. The third-order valence-corrected chi connectivity index (χ3v) is 9.10. The van der Waals surface area contributed by atoms with Gasteiger partial charge in [0.15, 0.2) is 17.5 Å². The van der Waals surface area contributed by atoms with Crippen molar-refractivity contribution in [2.24, 2.45) is 0 Å². The van der Waals surface area contributed by atoms with Crippen LogP contribution in [0.15, 0.2) is 206 Å². The largest absolute Gasteiger partial charge is 0.309 e. The van der Waals surface area contributed by atoms with Crippen LogP contribution in [0.25, 0.3) is 95.0 Å². The Morgan fingerprint density at radius 3 is 1.35 bits per heavy atom. The maximum Gasteiger partial charge on any atom is 0.164 e. The molecule has 0 unspecified atom stereocenters. The average molecular weight is 719 g/mol. The molecule has 55 heavy (non-hydrogen) atoms. The van der Waals surface area contributed by atoms with Crippen LogP contribution < -0.4 is 0 Å². The fraction of sp³-hybridized carbons (Fsp3) is 0. The van der Waals surface area contributed by atoms with Gasteiger partial charge in [0.1, 0.15) is 0 Å². The molecule has 4 heteroatoms. The Labute approximate surface area is 342 Å². The minimum Gasteiger partial charge on any atom is -0.309 e. The molecule has 0 saturated carbocycles. The van der Waals surface area contributed by atoms with E-state index >= 15 is 0 Å². The van der Waals surface area contributed by atoms with E-state index in [9.17, 15) is 9.60 Å². The molecule has 258 valence electrons. The zero-order chi connectivity index (χ0) is 50.5. The number of hydrogen-bond donors (Lipinski definition) is 0. The van der Waals surface area contributed by atoms with Gasteiger partial charge < -0.3 is 4.57 Å². The van der Waals surface area contributed by atoms with E-state index in [1.165, 1.54) is 0 Å². The van der Waals surface area contributed by atoms with E-state index in [2.05, 4.69) is 0 Å². The smallest absolute Gasteiger partial charge is 0.164 e. The van der Waals surface area contributed by atoms with Crippen LogP contribution in [0.1, 0.15) is 21.9 Å². The summed E-state index contributed by atoms with van der Waals surface area (Å²) < 4.78 is 144. The summed E-state index contributed by atoms with van der Waals surface area (Å²) in [7, 11) is 0. The summed E-state index contributed by atoms with van der Waals surface area (Å²) in [5.74, 6) is 0.0115. The van der Waals surface area contributed by atoms with E-state index in [1.54, 1.807) is 0 Å². The van der Waals surface area contributed by atoms with Gasteiger partial charge in [-0.3, -0.25) is 0 Å². The second-order valence-electron chi connectivity index (χ2n) is 12.4. The van der Waals surface area contributed by atoms with Crippen molar-refractivity contribution in [3.63, 3.8) is 0 Å². The van der Waals surface area contributed by atoms with Crippen molar-refractivity contribution in [2.75, 3.05) is 0 Å². The molecule has 0 bridgehead atoms. The molecule has 0 fully saturated rings. The Morgan fingerprint density at radius 1 is 0.327 bits per heavy atom. The highest BCUT2D eigenvalue weighted by atomic mass is 15.0. The predicted molar refractivity (Wildman–Crippen MR) is 227 cm³/mol. The maximum atomic E-state index is 9.96. The van der Waals surface area contributed by atoms with Gasteiger partial charge in [0, 0.05) is 33.2 Å². The number of rotatable bonds is 7. The fourth-order valence-corrected chi connectivity index (χ4v) is 6.40. The van der Waals surface area contributed by atoms with Crippen molar-refractivity contribution in [1.29, 1.82) is 0 Å². The van der Waals surface area contributed by atoms with Gasteiger partial charge >= 0.3 is 0 Å². The van der Waals surface area contributed by atoms with Gasteiger partial charge in [0.05, 0.1) is 33.0 Å². The van der Waals surface area contributed by atoms with Crippen LogP contribution in [0.5, 0.6) is 0 Å². The molecule has 0 aliphatic rings. The van der Waals surface area contributed by atoms with E-state index in [-0.39, 0.29) is 33.8 Å². The Kier molecular flexibility index (Phi) is 4.93. The quantitative estimate of drug-likeness (QED) is 0.165. The van der Waals surface area contributed by atoms with Gasteiger partial charge in [-0.1, -0.05) is 182 Å². The molecular weight excluding hydrogens is 669 g/mol. The third kappa shape index (κ3) is 6.16. The molecule has 4 nitrogen and oxygen atoms in total. The first-order valence-corrected chi connectivity index (χ1v) is 17.2. The summed E-state index contributed by atoms with van der Waals surface area (Å²) in [5.41, 5.74) is 1.73. The van der Waals surface area contributed by atoms with Gasteiger partial charge in [-0.05, 0) is 57.6 Å². The average Bonchev–Trinajstić information content (AvgIpc) is 3.75. The van der Waals surface area contributed by atoms with E-state index in [1.807, 2.05) is 109 Å². The number of fused-ring (bicyclic) bond motifs is 3. The van der Waals surface area contributed by atoms with E-state index < -0.39 is 125 Å². The molecule has 0 aliphatic carbocycles. The van der Waals surface area contributed by atoms with Crippen molar-refractivity contribution >= 4 is 21.8 Å². The van der Waals surface area contributed by atoms with Crippen molar-refractivity contribution < 1.29 is 21.9 Å². The van der Waals surface area contributed by atoms with Crippen LogP contribution in [0.3, 0.4) is 0 Å². The number of para-hydroxylation sites is 1. The monoisotopic (exact) mass is 718 g/mol. The molecule has 0 spiro atoms. The van der Waals surface area contributed by atoms with Crippen LogP contribution in [0, 0.1) is 0 Å². The summed E-state index contributed by atoms with van der Waals surface area (Å²) in [6, 6.07) is 22.1. The first-order valence-electron chi connectivity index (χ1n) is 25.2. The molecule has 0 N–H and O–H groups in total. The number of aromatic nitrogens is 4. The van der Waals surface area contributed by atoms with E-state index in [4.69, 9.17) is 27.3 Å². The first kappa shape index (κ1) is 19.6. The lowest BCUT2D eigenvalue weighted by Crippen LogP contribution is -2.00. The first-order chi connectivity index (χ1) is 33.9. The second-order valence-corrected chi connectivity index (χ2v) is 12.4. The van der Waals surface area contributed by atoms with Crippen molar-refractivity contribution in [3.05, 3.63) is 206 Å². The van der Waals surface area contributed by atoms with Crippen LogP contribution in [-0.4, -0.2) is 19.5 Å². The minimum absolute atomic E-state index is 0.130. The van der Waals surface area contributed by atoms with Crippen LogP contribution in [0.2, 0.25) is 0 Å². The fourth-order valence-electron chi connectivity index (χ4n) is 6.40. The molecule has 0 radical (unpaired) electrons. The van der Waals surface area contributed by atoms with E-state index in [0.717, 1.165) is 26.8 Å². The molecule has 0 aliphatic heterocycles. The summed E-state index contributed by atoms with van der Waals surface area (Å²) in [5, 5.41) is -0.676.